The highest BCUT2D eigenvalue weighted by Gasteiger charge is 2.37. The van der Waals surface area contributed by atoms with E-state index < -0.39 is 8.07 Å². The Bertz CT molecular complexity index is 1150. The lowest BCUT2D eigenvalue weighted by Gasteiger charge is -2.34. The minimum atomic E-state index is -1.31. The van der Waals surface area contributed by atoms with E-state index in [4.69, 9.17) is 0 Å². The second kappa shape index (κ2) is 7.57. The molecule has 0 bridgehead atoms. The maximum absolute atomic E-state index is 2.59. The molecule has 2 aliphatic rings. The first-order valence-corrected chi connectivity index (χ1v) is 16.2. The first-order chi connectivity index (χ1) is 15.0. The van der Waals surface area contributed by atoms with Gasteiger partial charge in [-0.05, 0) is 61.6 Å². The van der Waals surface area contributed by atoms with Crippen LogP contribution in [0.5, 0.6) is 0 Å². The molecule has 0 heterocycles. The Balaban J connectivity index is 1.91. The van der Waals surface area contributed by atoms with Crippen molar-refractivity contribution in [3.05, 3.63) is 81.6 Å². The maximum Gasteiger partial charge on any atom is 0.0771 e. The lowest BCUT2D eigenvalue weighted by atomic mass is 9.70. The smallest absolute Gasteiger partial charge is 0.0771 e. The van der Waals surface area contributed by atoms with Crippen molar-refractivity contribution in [3.63, 3.8) is 0 Å². The Labute approximate surface area is 204 Å². The quantitative estimate of drug-likeness (QED) is 0.345. The van der Waals surface area contributed by atoms with Crippen LogP contribution < -0.4 is 0 Å². The van der Waals surface area contributed by atoms with E-state index in [0.717, 1.165) is 6.42 Å². The van der Waals surface area contributed by atoms with Crippen LogP contribution in [0.1, 0.15) is 83.2 Å². The molecule has 2 aromatic carbocycles. The van der Waals surface area contributed by atoms with Gasteiger partial charge >= 0.3 is 0 Å². The molecule has 0 nitrogen and oxygen atoms in total. The standard InChI is InChI=1S/C32H44Si/c1-30(2,3)22-13-12-21-16-28-27(26(21)18-22)19-24(31(4,5)6)20-29(28)32(7,8)23-14-15-25(17-23)33(9,10)11/h12-15,17-20,23H,16H2,1-11H3. The molecule has 0 saturated heterocycles. The van der Waals surface area contributed by atoms with Gasteiger partial charge in [-0.25, -0.2) is 0 Å². The predicted octanol–water partition coefficient (Wildman–Crippen LogP) is 9.12. The van der Waals surface area contributed by atoms with E-state index >= 15 is 0 Å². The molecule has 1 unspecified atom stereocenters. The molecule has 0 aliphatic heterocycles. The van der Waals surface area contributed by atoms with Crippen LogP contribution in [0.25, 0.3) is 11.1 Å². The molecular formula is C32H44Si. The Morgan fingerprint density at radius 2 is 1.36 bits per heavy atom. The largest absolute Gasteiger partial charge is 0.0775 e. The van der Waals surface area contributed by atoms with E-state index in [-0.39, 0.29) is 16.2 Å². The summed E-state index contributed by atoms with van der Waals surface area (Å²) in [7, 11) is -1.31. The molecule has 0 saturated carbocycles. The SMILES string of the molecule is CC(C)(C)c1ccc2c(c1)-c1cc(C(C)(C)C)cc(C(C)(C)C3C=CC([Si](C)(C)C)=C3)c1C2. The van der Waals surface area contributed by atoms with Crippen molar-refractivity contribution in [2.45, 2.75) is 97.7 Å². The molecule has 1 heteroatoms. The van der Waals surface area contributed by atoms with Crippen LogP contribution in [0.15, 0.2) is 53.8 Å². The Morgan fingerprint density at radius 1 is 0.758 bits per heavy atom. The fraction of sp³-hybridized carbons (Fsp3) is 0.500. The molecule has 0 aromatic heterocycles. The highest BCUT2D eigenvalue weighted by atomic mass is 28.3. The first kappa shape index (κ1) is 24.3. The lowest BCUT2D eigenvalue weighted by molar-refractivity contribution is 0.443. The molecule has 1 atom stereocenters. The number of rotatable bonds is 3. The number of fused-ring (bicyclic) bond motifs is 3. The zero-order chi connectivity index (χ0) is 24.6. The van der Waals surface area contributed by atoms with Crippen molar-refractivity contribution in [1.82, 2.24) is 0 Å². The van der Waals surface area contributed by atoms with E-state index in [9.17, 15) is 0 Å². The summed E-state index contributed by atoms with van der Waals surface area (Å²) >= 11 is 0. The van der Waals surface area contributed by atoms with E-state index in [1.165, 1.54) is 27.8 Å². The van der Waals surface area contributed by atoms with Gasteiger partial charge in [0.2, 0.25) is 0 Å². The number of allylic oxidation sites excluding steroid dienone is 4. The van der Waals surface area contributed by atoms with Crippen LogP contribution in [0.3, 0.4) is 0 Å². The Hall–Kier alpha value is -1.86. The Kier molecular flexibility index (Phi) is 5.57. The number of benzene rings is 2. The summed E-state index contributed by atoms with van der Waals surface area (Å²) in [5, 5.41) is 1.60. The number of hydrogen-bond acceptors (Lipinski definition) is 0. The molecule has 0 amide bonds. The molecule has 2 aromatic rings. The van der Waals surface area contributed by atoms with Crippen molar-refractivity contribution >= 4 is 8.07 Å². The molecule has 0 spiro atoms. The summed E-state index contributed by atoms with van der Waals surface area (Å²) in [6, 6.07) is 12.3. The molecular weight excluding hydrogens is 412 g/mol. The lowest BCUT2D eigenvalue weighted by Crippen LogP contribution is -2.29. The monoisotopic (exact) mass is 456 g/mol. The van der Waals surface area contributed by atoms with Gasteiger partial charge in [-0.15, -0.1) is 0 Å². The van der Waals surface area contributed by atoms with Crippen molar-refractivity contribution in [1.29, 1.82) is 0 Å². The predicted molar refractivity (Wildman–Crippen MR) is 149 cm³/mol. The summed E-state index contributed by atoms with van der Waals surface area (Å²) in [6.45, 7) is 26.3. The second-order valence-corrected chi connectivity index (χ2v) is 19.2. The van der Waals surface area contributed by atoms with Gasteiger partial charge in [0.05, 0.1) is 8.07 Å². The zero-order valence-corrected chi connectivity index (χ0v) is 23.9. The van der Waals surface area contributed by atoms with E-state index in [1.807, 2.05) is 0 Å². The normalized spacial score (nSPS) is 18.4. The van der Waals surface area contributed by atoms with Gasteiger partial charge in [0.15, 0.2) is 0 Å². The molecule has 0 fully saturated rings. The molecule has 2 aliphatic carbocycles. The third kappa shape index (κ3) is 4.34. The molecule has 0 N–H and O–H groups in total. The molecule has 0 radical (unpaired) electrons. The number of hydrogen-bond donors (Lipinski definition) is 0. The van der Waals surface area contributed by atoms with Crippen LogP contribution >= 0.6 is 0 Å². The minimum absolute atomic E-state index is 0.0537. The zero-order valence-electron chi connectivity index (χ0n) is 22.9. The van der Waals surface area contributed by atoms with Crippen molar-refractivity contribution in [2.24, 2.45) is 5.92 Å². The van der Waals surface area contributed by atoms with Crippen molar-refractivity contribution in [3.8, 4) is 11.1 Å². The maximum atomic E-state index is 2.59. The third-order valence-electron chi connectivity index (χ3n) is 7.99. The van der Waals surface area contributed by atoms with Crippen LogP contribution in [-0.2, 0) is 22.7 Å². The fourth-order valence-electron chi connectivity index (χ4n) is 5.39. The fourth-order valence-corrected chi connectivity index (χ4v) is 6.67. The summed E-state index contributed by atoms with van der Waals surface area (Å²) in [6.07, 6.45) is 8.54. The van der Waals surface area contributed by atoms with Crippen LogP contribution in [-0.4, -0.2) is 8.07 Å². The van der Waals surface area contributed by atoms with Crippen molar-refractivity contribution < 1.29 is 0 Å². The van der Waals surface area contributed by atoms with Crippen LogP contribution in [0.4, 0.5) is 0 Å². The molecule has 4 rings (SSSR count). The van der Waals surface area contributed by atoms with Crippen molar-refractivity contribution in [2.75, 3.05) is 0 Å². The van der Waals surface area contributed by atoms with Gasteiger partial charge < -0.3 is 0 Å². The van der Waals surface area contributed by atoms with Gasteiger partial charge in [0.25, 0.3) is 0 Å². The van der Waals surface area contributed by atoms with Crippen LogP contribution in [0.2, 0.25) is 19.6 Å². The van der Waals surface area contributed by atoms with Crippen LogP contribution in [0, 0.1) is 5.92 Å². The third-order valence-corrected chi connectivity index (χ3v) is 10.1. The first-order valence-electron chi connectivity index (χ1n) is 12.7. The molecule has 33 heavy (non-hydrogen) atoms. The average Bonchev–Trinajstić information content (AvgIpc) is 3.30. The summed E-state index contributed by atoms with van der Waals surface area (Å²) in [5.41, 5.74) is 10.7. The highest BCUT2D eigenvalue weighted by molar-refractivity contribution is 6.83. The summed E-state index contributed by atoms with van der Waals surface area (Å²) in [5.74, 6) is 0.451. The van der Waals surface area contributed by atoms with E-state index in [0.29, 0.717) is 5.92 Å². The van der Waals surface area contributed by atoms with E-state index in [2.05, 4.69) is 124 Å². The van der Waals surface area contributed by atoms with Gasteiger partial charge in [-0.1, -0.05) is 129 Å². The summed E-state index contributed by atoms with van der Waals surface area (Å²) in [4.78, 5) is 0. The Morgan fingerprint density at radius 3 is 1.91 bits per heavy atom. The van der Waals surface area contributed by atoms with Gasteiger partial charge in [0, 0.05) is 5.92 Å². The van der Waals surface area contributed by atoms with Gasteiger partial charge in [0.1, 0.15) is 0 Å². The van der Waals surface area contributed by atoms with Gasteiger partial charge in [-0.2, -0.15) is 0 Å². The summed E-state index contributed by atoms with van der Waals surface area (Å²) < 4.78 is 0. The topological polar surface area (TPSA) is 0 Å². The molecule has 176 valence electrons. The highest BCUT2D eigenvalue weighted by Crippen LogP contribution is 2.48. The second-order valence-electron chi connectivity index (χ2n) is 14.1. The average molecular weight is 457 g/mol. The van der Waals surface area contributed by atoms with E-state index in [1.54, 1.807) is 16.3 Å². The van der Waals surface area contributed by atoms with Gasteiger partial charge in [-0.3, -0.25) is 0 Å². The minimum Gasteiger partial charge on any atom is -0.0775 e.